The summed E-state index contributed by atoms with van der Waals surface area (Å²) in [5, 5.41) is 13.7. The van der Waals surface area contributed by atoms with Crippen LogP contribution in [-0.4, -0.2) is 77.2 Å². The fraction of sp³-hybridized carbons (Fsp3) is 0.609. The summed E-state index contributed by atoms with van der Waals surface area (Å²) in [5.41, 5.74) is 2.71. The van der Waals surface area contributed by atoms with Crippen molar-refractivity contribution in [2.45, 2.75) is 26.2 Å². The number of carboxylic acid groups (broad SMARTS) is 1. The first-order valence-corrected chi connectivity index (χ1v) is 14.0. The highest BCUT2D eigenvalue weighted by Crippen LogP contribution is 2.46. The van der Waals surface area contributed by atoms with Gasteiger partial charge in [0.15, 0.2) is 5.69 Å². The number of ether oxygens (including phenoxy) is 2. The molecule has 1 aliphatic carbocycles. The lowest BCUT2D eigenvalue weighted by atomic mass is 10.1. The molecule has 1 saturated carbocycles. The summed E-state index contributed by atoms with van der Waals surface area (Å²) in [4.78, 5) is 18.8. The van der Waals surface area contributed by atoms with Gasteiger partial charge >= 0.3 is 5.97 Å². The van der Waals surface area contributed by atoms with Crippen molar-refractivity contribution in [2.75, 3.05) is 56.2 Å². The number of rotatable bonds is 11. The average molecular weight is 463 g/mol. The molecule has 2 atom stereocenters. The van der Waals surface area contributed by atoms with Crippen molar-refractivity contribution in [1.82, 2.24) is 14.8 Å². The Morgan fingerprint density at radius 1 is 1.25 bits per heavy atom. The summed E-state index contributed by atoms with van der Waals surface area (Å²) in [6.45, 7) is 3.45. The lowest BCUT2D eigenvalue weighted by molar-refractivity contribution is 0.0672. The molecule has 4 rings (SSSR count). The molecule has 32 heavy (non-hydrogen) atoms. The first kappa shape index (κ1) is 23.1. The Morgan fingerprint density at radius 3 is 2.66 bits per heavy atom. The number of anilines is 1. The molecule has 2 unspecified atom stereocenters. The Hall–Kier alpha value is -2.10. The summed E-state index contributed by atoms with van der Waals surface area (Å²) in [6.07, 6.45) is 8.62. The van der Waals surface area contributed by atoms with E-state index in [1.807, 2.05) is 0 Å². The van der Waals surface area contributed by atoms with E-state index in [1.54, 1.807) is 17.9 Å². The molecule has 1 N–H and O–H groups in total. The molecule has 2 aromatic rings. The van der Waals surface area contributed by atoms with Crippen LogP contribution in [0.5, 0.6) is 0 Å². The van der Waals surface area contributed by atoms with E-state index in [2.05, 4.69) is 40.9 Å². The van der Waals surface area contributed by atoms with Crippen molar-refractivity contribution in [1.29, 1.82) is 0 Å². The van der Waals surface area contributed by atoms with Crippen molar-refractivity contribution < 1.29 is 19.4 Å². The van der Waals surface area contributed by atoms with Crippen molar-refractivity contribution in [3.05, 3.63) is 40.8 Å². The van der Waals surface area contributed by atoms with Crippen LogP contribution in [0.1, 0.15) is 33.9 Å². The maximum Gasteiger partial charge on any atom is 0.356 e. The largest absolute Gasteiger partial charge is 0.476 e. The maximum atomic E-state index is 11.5. The van der Waals surface area contributed by atoms with Gasteiger partial charge < -0.3 is 19.5 Å². The van der Waals surface area contributed by atoms with Gasteiger partial charge in [-0.05, 0) is 54.7 Å². The van der Waals surface area contributed by atoms with E-state index in [4.69, 9.17) is 14.5 Å². The zero-order valence-corrected chi connectivity index (χ0v) is 20.2. The number of carboxylic acids is 1. The molecule has 176 valence electrons. The summed E-state index contributed by atoms with van der Waals surface area (Å²) in [6, 6.07) is 5.78. The van der Waals surface area contributed by atoms with Gasteiger partial charge in [-0.25, -0.2) is 24.5 Å². The van der Waals surface area contributed by atoms with E-state index < -0.39 is 16.0 Å². The van der Waals surface area contributed by atoms with E-state index in [0.717, 1.165) is 53.4 Å². The molecular formula is C23H34N4O4S. The third kappa shape index (κ3) is 5.63. The Bertz CT molecular complexity index is 961. The molecule has 0 aromatic carbocycles. The van der Waals surface area contributed by atoms with Gasteiger partial charge in [-0.15, -0.1) is 0 Å². The van der Waals surface area contributed by atoms with Crippen LogP contribution in [0, 0.1) is 11.8 Å². The number of nitrogens with zero attached hydrogens (tertiary/aromatic N) is 4. The third-order valence-corrected chi connectivity index (χ3v) is 7.54. The Morgan fingerprint density at radius 2 is 2.00 bits per heavy atom. The van der Waals surface area contributed by atoms with Gasteiger partial charge in [0, 0.05) is 38.1 Å². The maximum absolute atomic E-state index is 11.5. The van der Waals surface area contributed by atoms with Crippen molar-refractivity contribution in [3.8, 4) is 0 Å². The van der Waals surface area contributed by atoms with E-state index in [-0.39, 0.29) is 12.4 Å². The first-order valence-electron chi connectivity index (χ1n) is 11.0. The molecule has 2 fully saturated rings. The van der Waals surface area contributed by atoms with Gasteiger partial charge in [-0.1, -0.05) is 6.07 Å². The van der Waals surface area contributed by atoms with Crippen LogP contribution in [0.3, 0.4) is 0 Å². The molecule has 0 bridgehead atoms. The van der Waals surface area contributed by atoms with Crippen LogP contribution in [0.4, 0.5) is 5.82 Å². The van der Waals surface area contributed by atoms with Crippen LogP contribution in [0.25, 0.3) is 0 Å². The minimum Gasteiger partial charge on any atom is -0.476 e. The summed E-state index contributed by atoms with van der Waals surface area (Å²) >= 11 is 0. The van der Waals surface area contributed by atoms with Crippen LogP contribution < -0.4 is 4.90 Å². The zero-order valence-electron chi connectivity index (χ0n) is 19.4. The van der Waals surface area contributed by atoms with Gasteiger partial charge in [0.2, 0.25) is 0 Å². The van der Waals surface area contributed by atoms with Gasteiger partial charge in [0.25, 0.3) is 0 Å². The molecule has 1 aliphatic heterocycles. The number of hydrogen-bond donors (Lipinski definition) is 1. The van der Waals surface area contributed by atoms with Crippen molar-refractivity contribution in [2.24, 2.45) is 11.8 Å². The zero-order chi connectivity index (χ0) is 22.9. The smallest absolute Gasteiger partial charge is 0.356 e. The number of piperidine rings is 1. The predicted molar refractivity (Wildman–Crippen MR) is 127 cm³/mol. The van der Waals surface area contributed by atoms with Crippen molar-refractivity contribution >= 4 is 21.8 Å². The number of hydrogen-bond acceptors (Lipinski definition) is 6. The lowest BCUT2D eigenvalue weighted by Crippen LogP contribution is -2.23. The van der Waals surface area contributed by atoms with Gasteiger partial charge in [-0.3, -0.25) is 0 Å². The molecule has 0 spiro atoms. The fourth-order valence-electron chi connectivity index (χ4n) is 4.17. The van der Waals surface area contributed by atoms with Crippen LogP contribution >= 0.6 is 10.0 Å². The van der Waals surface area contributed by atoms with Gasteiger partial charge in [0.1, 0.15) is 12.5 Å². The number of carbonyl (C=O) groups is 1. The minimum atomic E-state index is -1.04. The number of pyridine rings is 1. The first-order chi connectivity index (χ1) is 15.2. The van der Waals surface area contributed by atoms with Gasteiger partial charge in [-0.2, -0.15) is 5.10 Å². The topological polar surface area (TPSA) is 89.7 Å². The highest BCUT2D eigenvalue weighted by Gasteiger charge is 2.45. The monoisotopic (exact) mass is 462 g/mol. The average Bonchev–Trinajstić information content (AvgIpc) is 3.14. The molecule has 2 aromatic heterocycles. The standard InChI is InChI=1S/C23H34N4O4S/c1-30-14-21-16(5-6-22(24-21)26-12-17-9-18(17)13-26)10-19-11-20(23(28)29)25-27(19)15-31-7-8-32(2,3)4/h5-6,11,17-18H,7-10,12-15H2,1-4H3,(H,28,29). The highest BCUT2D eigenvalue weighted by atomic mass is 32.3. The Kier molecular flexibility index (Phi) is 6.78. The third-order valence-electron chi connectivity index (χ3n) is 6.15. The molecule has 3 heterocycles. The summed E-state index contributed by atoms with van der Waals surface area (Å²) in [7, 11) is 1.02. The van der Waals surface area contributed by atoms with Crippen LogP contribution in [0.15, 0.2) is 18.2 Å². The van der Waals surface area contributed by atoms with Gasteiger partial charge in [0.05, 0.1) is 18.9 Å². The fourth-order valence-corrected chi connectivity index (χ4v) is 4.79. The number of aromatic carboxylic acids is 1. The van der Waals surface area contributed by atoms with E-state index in [1.165, 1.54) is 6.42 Å². The summed E-state index contributed by atoms with van der Waals surface area (Å²) in [5.74, 6) is 2.64. The molecule has 8 nitrogen and oxygen atoms in total. The lowest BCUT2D eigenvalue weighted by Gasteiger charge is -2.24. The number of methoxy groups -OCH3 is 1. The molecule has 9 heteroatoms. The Labute approximate surface area is 191 Å². The normalized spacial score (nSPS) is 20.4. The molecule has 2 aliphatic rings. The SMILES string of the molecule is COCc1nc(N2CC3CC3C2)ccc1Cc1cc(C(=O)O)nn1COCCS(C)(C)C. The Balaban J connectivity index is 1.50. The van der Waals surface area contributed by atoms with Crippen LogP contribution in [-0.2, 0) is 29.2 Å². The minimum absolute atomic E-state index is 0.0270. The van der Waals surface area contributed by atoms with Crippen molar-refractivity contribution in [3.63, 3.8) is 0 Å². The molecular weight excluding hydrogens is 428 g/mol. The van der Waals surface area contributed by atoms with Crippen LogP contribution in [0.2, 0.25) is 0 Å². The molecule has 0 radical (unpaired) electrons. The summed E-state index contributed by atoms with van der Waals surface area (Å²) < 4.78 is 12.9. The predicted octanol–water partition coefficient (Wildman–Crippen LogP) is 2.84. The number of fused-ring (bicyclic) bond motifs is 1. The van der Waals surface area contributed by atoms with E-state index in [9.17, 15) is 9.90 Å². The second-order valence-corrected chi connectivity index (χ2v) is 14.3. The second-order valence-electron chi connectivity index (χ2n) is 9.70. The van der Waals surface area contributed by atoms with E-state index >= 15 is 0 Å². The quantitative estimate of drug-likeness (QED) is 0.514. The highest BCUT2D eigenvalue weighted by molar-refractivity contribution is 8.32. The van der Waals surface area contributed by atoms with E-state index in [0.29, 0.717) is 19.6 Å². The second kappa shape index (κ2) is 9.41. The molecule has 1 saturated heterocycles. The number of aromatic nitrogens is 3. The molecule has 0 amide bonds.